The van der Waals surface area contributed by atoms with Gasteiger partial charge in [0.15, 0.2) is 11.6 Å². The van der Waals surface area contributed by atoms with Crippen molar-refractivity contribution >= 4 is 24.0 Å². The standard InChI is InChI=1S/C20H19F3N6O2/c1-12(30)18-16(23)11-24-19(26-18)27-4-6-28(7-5-27)20(31)29-17(2-3-25-29)13-8-14(21)10-15(22)9-13/h3,8-11,17H,2,4-7H2,1H3/t17-/m0/s1. The van der Waals surface area contributed by atoms with Gasteiger partial charge in [0.25, 0.3) is 0 Å². The van der Waals surface area contributed by atoms with Crippen molar-refractivity contribution in [1.29, 1.82) is 0 Å². The highest BCUT2D eigenvalue weighted by Gasteiger charge is 2.34. The van der Waals surface area contributed by atoms with Crippen molar-refractivity contribution in [1.82, 2.24) is 19.9 Å². The summed E-state index contributed by atoms with van der Waals surface area (Å²) in [6.07, 6.45) is 2.85. The predicted octanol–water partition coefficient (Wildman–Crippen LogP) is 2.77. The Bertz CT molecular complexity index is 1030. The average molecular weight is 432 g/mol. The van der Waals surface area contributed by atoms with Gasteiger partial charge in [-0.2, -0.15) is 5.10 Å². The lowest BCUT2D eigenvalue weighted by Crippen LogP contribution is -2.52. The smallest absolute Gasteiger partial charge is 0.337 e. The first kappa shape index (κ1) is 20.8. The number of ketones is 1. The quantitative estimate of drug-likeness (QED) is 0.697. The summed E-state index contributed by atoms with van der Waals surface area (Å²) in [7, 11) is 0. The molecule has 2 amide bonds. The van der Waals surface area contributed by atoms with Crippen LogP contribution in [0.25, 0.3) is 0 Å². The Morgan fingerprint density at radius 3 is 2.35 bits per heavy atom. The Labute approximate surface area is 176 Å². The maximum atomic E-state index is 13.7. The van der Waals surface area contributed by atoms with E-state index in [1.54, 1.807) is 9.80 Å². The normalized spacial score (nSPS) is 18.6. The molecule has 0 radical (unpaired) electrons. The summed E-state index contributed by atoms with van der Waals surface area (Å²) in [5.74, 6) is -2.50. The van der Waals surface area contributed by atoms with E-state index in [0.29, 0.717) is 38.2 Å². The number of urea groups is 1. The number of amides is 2. The van der Waals surface area contributed by atoms with Gasteiger partial charge >= 0.3 is 6.03 Å². The number of rotatable bonds is 3. The topological polar surface area (TPSA) is 82.0 Å². The summed E-state index contributed by atoms with van der Waals surface area (Å²) in [5.41, 5.74) is 0.0542. The van der Waals surface area contributed by atoms with Crippen molar-refractivity contribution in [3.8, 4) is 0 Å². The minimum Gasteiger partial charge on any atom is -0.337 e. The molecule has 2 aromatic rings. The largest absolute Gasteiger partial charge is 0.341 e. The number of hydrazone groups is 1. The van der Waals surface area contributed by atoms with E-state index in [9.17, 15) is 22.8 Å². The van der Waals surface area contributed by atoms with Crippen molar-refractivity contribution in [2.75, 3.05) is 31.1 Å². The minimum absolute atomic E-state index is 0.214. The van der Waals surface area contributed by atoms with Crippen molar-refractivity contribution in [3.63, 3.8) is 0 Å². The molecular weight excluding hydrogens is 413 g/mol. The number of benzene rings is 1. The molecule has 0 saturated carbocycles. The zero-order valence-corrected chi connectivity index (χ0v) is 16.6. The van der Waals surface area contributed by atoms with Crippen LogP contribution in [-0.2, 0) is 0 Å². The molecule has 1 aromatic carbocycles. The highest BCUT2D eigenvalue weighted by atomic mass is 19.1. The fourth-order valence-electron chi connectivity index (χ4n) is 3.64. The number of hydrogen-bond acceptors (Lipinski definition) is 6. The number of carbonyl (C=O) groups excluding carboxylic acids is 2. The van der Waals surface area contributed by atoms with Crippen molar-refractivity contribution in [2.24, 2.45) is 5.10 Å². The predicted molar refractivity (Wildman–Crippen MR) is 105 cm³/mol. The van der Waals surface area contributed by atoms with Crippen LogP contribution in [0.3, 0.4) is 0 Å². The van der Waals surface area contributed by atoms with Crippen LogP contribution in [0.5, 0.6) is 0 Å². The average Bonchev–Trinajstić information content (AvgIpc) is 3.23. The van der Waals surface area contributed by atoms with Crippen LogP contribution in [0, 0.1) is 17.5 Å². The molecule has 0 bridgehead atoms. The zero-order chi connectivity index (χ0) is 22.1. The molecule has 2 aliphatic heterocycles. The Morgan fingerprint density at radius 2 is 1.71 bits per heavy atom. The summed E-state index contributed by atoms with van der Waals surface area (Å²) in [5, 5.41) is 5.33. The fraction of sp³-hybridized carbons (Fsp3) is 0.350. The molecule has 0 unspecified atom stereocenters. The lowest BCUT2D eigenvalue weighted by atomic mass is 10.0. The molecular formula is C20H19F3N6O2. The van der Waals surface area contributed by atoms with Gasteiger partial charge in [0.05, 0.1) is 12.2 Å². The molecule has 2 aliphatic rings. The molecule has 3 heterocycles. The first-order valence-electron chi connectivity index (χ1n) is 9.68. The van der Waals surface area contributed by atoms with Crippen molar-refractivity contribution in [2.45, 2.75) is 19.4 Å². The summed E-state index contributed by atoms with van der Waals surface area (Å²) in [4.78, 5) is 35.8. The van der Waals surface area contributed by atoms with Gasteiger partial charge < -0.3 is 9.80 Å². The van der Waals surface area contributed by atoms with Crippen LogP contribution in [0.15, 0.2) is 29.5 Å². The molecule has 1 saturated heterocycles. The third-order valence-corrected chi connectivity index (χ3v) is 5.19. The third-order valence-electron chi connectivity index (χ3n) is 5.19. The molecule has 0 N–H and O–H groups in total. The van der Waals surface area contributed by atoms with Gasteiger partial charge in [-0.25, -0.2) is 32.9 Å². The lowest BCUT2D eigenvalue weighted by Gasteiger charge is -2.37. The fourth-order valence-corrected chi connectivity index (χ4v) is 3.64. The monoisotopic (exact) mass is 432 g/mol. The summed E-state index contributed by atoms with van der Waals surface area (Å²) in [6, 6.07) is 2.19. The molecule has 4 rings (SSSR count). The first-order chi connectivity index (χ1) is 14.8. The minimum atomic E-state index is -0.781. The van der Waals surface area contributed by atoms with E-state index >= 15 is 0 Å². The zero-order valence-electron chi connectivity index (χ0n) is 16.6. The molecule has 1 fully saturated rings. The number of aromatic nitrogens is 2. The summed E-state index contributed by atoms with van der Waals surface area (Å²) < 4.78 is 40.9. The number of hydrogen-bond donors (Lipinski definition) is 0. The molecule has 0 spiro atoms. The van der Waals surface area contributed by atoms with Gasteiger partial charge in [-0.05, 0) is 17.7 Å². The van der Waals surface area contributed by atoms with Gasteiger partial charge in [-0.1, -0.05) is 0 Å². The molecule has 8 nitrogen and oxygen atoms in total. The molecule has 0 aliphatic carbocycles. The van der Waals surface area contributed by atoms with Crippen LogP contribution < -0.4 is 4.90 Å². The van der Waals surface area contributed by atoms with Crippen LogP contribution in [-0.4, -0.2) is 64.1 Å². The van der Waals surface area contributed by atoms with E-state index < -0.39 is 29.3 Å². The first-order valence-corrected chi connectivity index (χ1v) is 9.68. The second-order valence-corrected chi connectivity index (χ2v) is 7.28. The number of anilines is 1. The number of halogens is 3. The van der Waals surface area contributed by atoms with E-state index in [0.717, 1.165) is 12.3 Å². The van der Waals surface area contributed by atoms with Crippen LogP contribution in [0.1, 0.15) is 35.4 Å². The Morgan fingerprint density at radius 1 is 1.03 bits per heavy atom. The van der Waals surface area contributed by atoms with E-state index in [2.05, 4.69) is 15.1 Å². The van der Waals surface area contributed by atoms with Gasteiger partial charge in [0.2, 0.25) is 5.95 Å². The molecule has 11 heteroatoms. The molecule has 1 aromatic heterocycles. The van der Waals surface area contributed by atoms with E-state index in [1.807, 2.05) is 0 Å². The van der Waals surface area contributed by atoms with Gasteiger partial charge in [0, 0.05) is 51.8 Å². The lowest BCUT2D eigenvalue weighted by molar-refractivity contribution is 0.100. The van der Waals surface area contributed by atoms with Gasteiger partial charge in [-0.3, -0.25) is 4.79 Å². The third kappa shape index (κ3) is 4.21. The second-order valence-electron chi connectivity index (χ2n) is 7.28. The maximum absolute atomic E-state index is 13.7. The number of nitrogens with zero attached hydrogens (tertiary/aromatic N) is 6. The number of piperazine rings is 1. The highest BCUT2D eigenvalue weighted by Crippen LogP contribution is 2.30. The molecule has 1 atom stereocenters. The Balaban J connectivity index is 1.44. The van der Waals surface area contributed by atoms with Crippen LogP contribution >= 0.6 is 0 Å². The molecule has 162 valence electrons. The van der Waals surface area contributed by atoms with Crippen LogP contribution in [0.2, 0.25) is 0 Å². The number of carbonyl (C=O) groups is 2. The second kappa shape index (κ2) is 8.32. The summed E-state index contributed by atoms with van der Waals surface area (Å²) in [6.45, 7) is 2.58. The maximum Gasteiger partial charge on any atom is 0.341 e. The SMILES string of the molecule is CC(=O)c1nc(N2CCN(C(=O)N3N=CC[C@H]3c3cc(F)cc(F)c3)CC2)ncc1F. The van der Waals surface area contributed by atoms with E-state index in [4.69, 9.17) is 0 Å². The number of Topliss-reactive ketones (excluding diaryl/α,β-unsaturated/α-hetero) is 1. The summed E-state index contributed by atoms with van der Waals surface area (Å²) >= 11 is 0. The van der Waals surface area contributed by atoms with E-state index in [1.165, 1.54) is 30.3 Å². The van der Waals surface area contributed by atoms with Crippen molar-refractivity contribution < 1.29 is 22.8 Å². The van der Waals surface area contributed by atoms with Crippen molar-refractivity contribution in [3.05, 3.63) is 53.1 Å². The van der Waals surface area contributed by atoms with E-state index in [-0.39, 0.29) is 17.7 Å². The Hall–Kier alpha value is -3.50. The highest BCUT2D eigenvalue weighted by molar-refractivity contribution is 5.92. The van der Waals surface area contributed by atoms with Gasteiger partial charge in [0.1, 0.15) is 17.3 Å². The van der Waals surface area contributed by atoms with Crippen LogP contribution in [0.4, 0.5) is 23.9 Å². The van der Waals surface area contributed by atoms with Gasteiger partial charge in [-0.15, -0.1) is 0 Å². The Kier molecular flexibility index (Phi) is 5.57. The molecule has 31 heavy (non-hydrogen) atoms.